The van der Waals surface area contributed by atoms with Crippen LogP contribution in [0.3, 0.4) is 0 Å². The second-order valence-corrected chi connectivity index (χ2v) is 7.30. The summed E-state index contributed by atoms with van der Waals surface area (Å²) in [6, 6.07) is 13.9. The molecule has 5 heteroatoms. The SMILES string of the molecule is O=C(CCc1ccccc1Br)NC1CCOc2ccc(Br)cc21. The first-order valence-electron chi connectivity index (χ1n) is 7.58. The third kappa shape index (κ3) is 4.15. The summed E-state index contributed by atoms with van der Waals surface area (Å²) in [5.41, 5.74) is 2.19. The second kappa shape index (κ2) is 7.49. The van der Waals surface area contributed by atoms with Gasteiger partial charge in [0.25, 0.3) is 0 Å². The van der Waals surface area contributed by atoms with E-state index in [1.807, 2.05) is 42.5 Å². The van der Waals surface area contributed by atoms with Gasteiger partial charge in [0.15, 0.2) is 0 Å². The number of rotatable bonds is 4. The predicted molar refractivity (Wildman–Crippen MR) is 97.6 cm³/mol. The maximum atomic E-state index is 12.3. The van der Waals surface area contributed by atoms with E-state index in [0.717, 1.165) is 38.7 Å². The summed E-state index contributed by atoms with van der Waals surface area (Å²) in [4.78, 5) is 12.3. The molecule has 2 aromatic rings. The molecule has 0 bridgehead atoms. The number of nitrogens with one attached hydrogen (secondary N) is 1. The Morgan fingerprint density at radius 3 is 2.87 bits per heavy atom. The number of fused-ring (bicyclic) bond motifs is 1. The summed E-state index contributed by atoms with van der Waals surface area (Å²) in [5.74, 6) is 0.925. The van der Waals surface area contributed by atoms with Crippen molar-refractivity contribution in [2.24, 2.45) is 0 Å². The third-order valence-electron chi connectivity index (χ3n) is 3.93. The van der Waals surface area contributed by atoms with E-state index in [2.05, 4.69) is 37.2 Å². The van der Waals surface area contributed by atoms with Crippen LogP contribution >= 0.6 is 31.9 Å². The fraction of sp³-hybridized carbons (Fsp3) is 0.278. The van der Waals surface area contributed by atoms with Crippen LogP contribution in [0, 0.1) is 0 Å². The van der Waals surface area contributed by atoms with E-state index < -0.39 is 0 Å². The molecule has 1 aliphatic rings. The third-order valence-corrected chi connectivity index (χ3v) is 5.19. The number of amides is 1. The molecular weight excluding hydrogens is 422 g/mol. The highest BCUT2D eigenvalue weighted by molar-refractivity contribution is 9.10. The van der Waals surface area contributed by atoms with Gasteiger partial charge < -0.3 is 10.1 Å². The van der Waals surface area contributed by atoms with Crippen molar-refractivity contribution < 1.29 is 9.53 Å². The van der Waals surface area contributed by atoms with Crippen molar-refractivity contribution in [3.63, 3.8) is 0 Å². The molecule has 0 fully saturated rings. The number of halogens is 2. The number of hydrogen-bond acceptors (Lipinski definition) is 2. The van der Waals surface area contributed by atoms with Gasteiger partial charge in [0, 0.05) is 27.4 Å². The molecule has 0 radical (unpaired) electrons. The van der Waals surface area contributed by atoms with Gasteiger partial charge in [-0.1, -0.05) is 50.1 Å². The van der Waals surface area contributed by atoms with Crippen LogP contribution < -0.4 is 10.1 Å². The molecule has 0 saturated heterocycles. The molecule has 0 saturated carbocycles. The highest BCUT2D eigenvalue weighted by atomic mass is 79.9. The van der Waals surface area contributed by atoms with Crippen LogP contribution in [0.4, 0.5) is 0 Å². The zero-order valence-corrected chi connectivity index (χ0v) is 15.7. The molecule has 1 unspecified atom stereocenters. The van der Waals surface area contributed by atoms with Crippen molar-refractivity contribution in [1.29, 1.82) is 0 Å². The van der Waals surface area contributed by atoms with Crippen molar-refractivity contribution in [3.8, 4) is 5.75 Å². The molecule has 1 aliphatic heterocycles. The van der Waals surface area contributed by atoms with Crippen LogP contribution in [-0.2, 0) is 11.2 Å². The molecule has 0 spiro atoms. The van der Waals surface area contributed by atoms with E-state index in [0.29, 0.717) is 13.0 Å². The average molecular weight is 439 g/mol. The molecule has 2 aromatic carbocycles. The monoisotopic (exact) mass is 437 g/mol. The molecule has 3 nitrogen and oxygen atoms in total. The Morgan fingerprint density at radius 2 is 2.04 bits per heavy atom. The zero-order chi connectivity index (χ0) is 16.2. The van der Waals surface area contributed by atoms with E-state index in [9.17, 15) is 4.79 Å². The second-order valence-electron chi connectivity index (χ2n) is 5.53. The van der Waals surface area contributed by atoms with Crippen LogP contribution in [0.2, 0.25) is 0 Å². The summed E-state index contributed by atoms with van der Waals surface area (Å²) in [5, 5.41) is 3.14. The largest absolute Gasteiger partial charge is 0.493 e. The maximum absolute atomic E-state index is 12.3. The summed E-state index contributed by atoms with van der Waals surface area (Å²) < 4.78 is 7.70. The molecule has 0 aliphatic carbocycles. The van der Waals surface area contributed by atoms with E-state index in [-0.39, 0.29) is 11.9 Å². The van der Waals surface area contributed by atoms with Crippen molar-refractivity contribution in [1.82, 2.24) is 5.32 Å². The van der Waals surface area contributed by atoms with Crippen LogP contribution in [0.5, 0.6) is 5.75 Å². The number of benzene rings is 2. The highest BCUT2D eigenvalue weighted by Crippen LogP contribution is 2.34. The Morgan fingerprint density at radius 1 is 1.22 bits per heavy atom. The quantitative estimate of drug-likeness (QED) is 0.745. The van der Waals surface area contributed by atoms with E-state index in [4.69, 9.17) is 4.74 Å². The van der Waals surface area contributed by atoms with E-state index in [1.54, 1.807) is 0 Å². The predicted octanol–water partition coefficient (Wildman–Crippen LogP) is 4.78. The Hall–Kier alpha value is -1.33. The lowest BCUT2D eigenvalue weighted by Gasteiger charge is -2.27. The molecule has 1 atom stereocenters. The topological polar surface area (TPSA) is 38.3 Å². The van der Waals surface area contributed by atoms with Gasteiger partial charge in [-0.15, -0.1) is 0 Å². The van der Waals surface area contributed by atoms with Crippen LogP contribution in [0.25, 0.3) is 0 Å². The summed E-state index contributed by atoms with van der Waals surface area (Å²) in [6.45, 7) is 0.629. The molecule has 23 heavy (non-hydrogen) atoms. The Kier molecular flexibility index (Phi) is 5.38. The Bertz CT molecular complexity index is 718. The van der Waals surface area contributed by atoms with Gasteiger partial charge in [-0.05, 0) is 36.2 Å². The van der Waals surface area contributed by atoms with Crippen LogP contribution in [-0.4, -0.2) is 12.5 Å². The van der Waals surface area contributed by atoms with Gasteiger partial charge in [-0.2, -0.15) is 0 Å². The Labute approximate surface area is 152 Å². The number of carbonyl (C=O) groups is 1. The fourth-order valence-electron chi connectivity index (χ4n) is 2.73. The normalized spacial score (nSPS) is 16.3. The van der Waals surface area contributed by atoms with Crippen molar-refractivity contribution in [2.45, 2.75) is 25.3 Å². The van der Waals surface area contributed by atoms with Crippen LogP contribution in [0.15, 0.2) is 51.4 Å². The van der Waals surface area contributed by atoms with Gasteiger partial charge in [-0.3, -0.25) is 4.79 Å². The molecule has 3 rings (SSSR count). The first-order chi connectivity index (χ1) is 11.1. The molecule has 120 valence electrons. The standard InChI is InChI=1S/C18H17Br2NO2/c19-13-6-7-17-14(11-13)16(9-10-23-17)21-18(22)8-5-12-3-1-2-4-15(12)20/h1-4,6-7,11,16H,5,8-10H2,(H,21,22). The van der Waals surface area contributed by atoms with E-state index in [1.165, 1.54) is 0 Å². The summed E-state index contributed by atoms with van der Waals surface area (Å²) in [6.07, 6.45) is 2.00. The number of carbonyl (C=O) groups excluding carboxylic acids is 1. The van der Waals surface area contributed by atoms with Gasteiger partial charge in [-0.25, -0.2) is 0 Å². The van der Waals surface area contributed by atoms with Crippen LogP contribution in [0.1, 0.15) is 30.0 Å². The lowest BCUT2D eigenvalue weighted by Crippen LogP contribution is -2.32. The minimum Gasteiger partial charge on any atom is -0.493 e. The number of ether oxygens (including phenoxy) is 1. The lowest BCUT2D eigenvalue weighted by molar-refractivity contribution is -0.122. The Balaban J connectivity index is 1.63. The summed E-state index contributed by atoms with van der Waals surface area (Å²) >= 11 is 7.00. The minimum atomic E-state index is 0.0166. The minimum absolute atomic E-state index is 0.0166. The first-order valence-corrected chi connectivity index (χ1v) is 9.17. The van der Waals surface area contributed by atoms with Gasteiger partial charge in [0.05, 0.1) is 12.6 Å². The van der Waals surface area contributed by atoms with Crippen molar-refractivity contribution >= 4 is 37.8 Å². The van der Waals surface area contributed by atoms with Gasteiger partial charge in [0.1, 0.15) is 5.75 Å². The maximum Gasteiger partial charge on any atom is 0.220 e. The smallest absolute Gasteiger partial charge is 0.220 e. The van der Waals surface area contributed by atoms with Gasteiger partial charge in [0.2, 0.25) is 5.91 Å². The van der Waals surface area contributed by atoms with Crippen molar-refractivity contribution in [3.05, 3.63) is 62.5 Å². The fourth-order valence-corrected chi connectivity index (χ4v) is 3.59. The molecule has 0 aromatic heterocycles. The molecule has 1 heterocycles. The van der Waals surface area contributed by atoms with Crippen molar-refractivity contribution in [2.75, 3.05) is 6.61 Å². The zero-order valence-electron chi connectivity index (χ0n) is 12.5. The number of hydrogen-bond donors (Lipinski definition) is 1. The molecule has 1 amide bonds. The lowest BCUT2D eigenvalue weighted by atomic mass is 10.00. The molecular formula is C18H17Br2NO2. The van der Waals surface area contributed by atoms with E-state index >= 15 is 0 Å². The van der Waals surface area contributed by atoms with Gasteiger partial charge >= 0.3 is 0 Å². The first kappa shape index (κ1) is 16.5. The summed E-state index contributed by atoms with van der Waals surface area (Å²) in [7, 11) is 0. The average Bonchev–Trinajstić information content (AvgIpc) is 2.55. The highest BCUT2D eigenvalue weighted by Gasteiger charge is 2.23. The molecule has 1 N–H and O–H groups in total. The number of aryl methyl sites for hydroxylation is 1.